The molecule has 1 aliphatic heterocycles. The highest BCUT2D eigenvalue weighted by atomic mass is 16.5. The maximum absolute atomic E-state index is 12.7. The van der Waals surface area contributed by atoms with E-state index in [4.69, 9.17) is 9.47 Å². The van der Waals surface area contributed by atoms with Crippen LogP contribution in [-0.2, 0) is 19.4 Å². The molecule has 0 fully saturated rings. The SMILES string of the molecule is COc1ccc(OC)c(CCNC(=O)c2ccc3c(=O)n4c(nc3c2)CCCC4)c1. The Labute approximate surface area is 174 Å². The first kappa shape index (κ1) is 19.9. The first-order chi connectivity index (χ1) is 14.6. The Kier molecular flexibility index (Phi) is 5.70. The van der Waals surface area contributed by atoms with Crippen molar-refractivity contribution in [3.63, 3.8) is 0 Å². The predicted molar refractivity (Wildman–Crippen MR) is 115 cm³/mol. The van der Waals surface area contributed by atoms with Gasteiger partial charge in [0.1, 0.15) is 17.3 Å². The van der Waals surface area contributed by atoms with E-state index in [0.717, 1.165) is 42.1 Å². The standard InChI is InChI=1S/C23H25N3O4/c1-29-17-7-9-20(30-2)15(13-17)10-11-24-22(27)16-6-8-18-19(14-16)25-21-5-3-4-12-26(21)23(18)28/h6-9,13-14H,3-5,10-12H2,1-2H3,(H,24,27). The van der Waals surface area contributed by atoms with E-state index in [0.29, 0.717) is 36.0 Å². The maximum atomic E-state index is 12.7. The van der Waals surface area contributed by atoms with Crippen LogP contribution in [0.4, 0.5) is 0 Å². The van der Waals surface area contributed by atoms with E-state index in [-0.39, 0.29) is 11.5 Å². The number of hydrogen-bond donors (Lipinski definition) is 1. The van der Waals surface area contributed by atoms with Gasteiger partial charge in [-0.2, -0.15) is 0 Å². The van der Waals surface area contributed by atoms with Crippen LogP contribution in [-0.4, -0.2) is 36.2 Å². The Hall–Kier alpha value is -3.35. The molecule has 0 spiro atoms. The van der Waals surface area contributed by atoms with Crippen LogP contribution in [0.1, 0.15) is 34.6 Å². The van der Waals surface area contributed by atoms with Gasteiger partial charge in [0.2, 0.25) is 0 Å². The Morgan fingerprint density at radius 1 is 1.13 bits per heavy atom. The quantitative estimate of drug-likeness (QED) is 0.679. The maximum Gasteiger partial charge on any atom is 0.261 e. The number of fused-ring (bicyclic) bond motifs is 2. The van der Waals surface area contributed by atoms with E-state index in [1.807, 2.05) is 18.2 Å². The van der Waals surface area contributed by atoms with Gasteiger partial charge >= 0.3 is 0 Å². The molecule has 1 aromatic heterocycles. The molecular weight excluding hydrogens is 382 g/mol. The lowest BCUT2D eigenvalue weighted by Gasteiger charge is -2.17. The summed E-state index contributed by atoms with van der Waals surface area (Å²) < 4.78 is 12.4. The third kappa shape index (κ3) is 3.87. The molecule has 0 radical (unpaired) electrons. The van der Waals surface area contributed by atoms with Crippen molar-refractivity contribution in [1.29, 1.82) is 0 Å². The number of carbonyl (C=O) groups is 1. The van der Waals surface area contributed by atoms with Gasteiger partial charge in [-0.3, -0.25) is 14.2 Å². The van der Waals surface area contributed by atoms with Crippen LogP contribution >= 0.6 is 0 Å². The zero-order valence-electron chi connectivity index (χ0n) is 17.2. The van der Waals surface area contributed by atoms with Crippen LogP contribution in [0, 0.1) is 0 Å². The summed E-state index contributed by atoms with van der Waals surface area (Å²) in [6.07, 6.45) is 3.43. The van der Waals surface area contributed by atoms with Crippen molar-refractivity contribution >= 4 is 16.8 Å². The second-order valence-corrected chi connectivity index (χ2v) is 7.36. The molecule has 1 amide bonds. The van der Waals surface area contributed by atoms with Crippen molar-refractivity contribution in [2.75, 3.05) is 20.8 Å². The molecule has 0 aliphatic carbocycles. The zero-order chi connectivity index (χ0) is 21.1. The van der Waals surface area contributed by atoms with Gasteiger partial charge in [0, 0.05) is 25.1 Å². The number of methoxy groups -OCH3 is 2. The van der Waals surface area contributed by atoms with E-state index >= 15 is 0 Å². The summed E-state index contributed by atoms with van der Waals surface area (Å²) in [6, 6.07) is 10.7. The fourth-order valence-electron chi connectivity index (χ4n) is 3.87. The number of benzene rings is 2. The Balaban J connectivity index is 1.49. The largest absolute Gasteiger partial charge is 0.497 e. The number of hydrogen-bond acceptors (Lipinski definition) is 5. The predicted octanol–water partition coefficient (Wildman–Crippen LogP) is 2.72. The van der Waals surface area contributed by atoms with Gasteiger partial charge in [0.05, 0.1) is 25.1 Å². The van der Waals surface area contributed by atoms with E-state index in [1.165, 1.54) is 0 Å². The fraction of sp³-hybridized carbons (Fsp3) is 0.348. The van der Waals surface area contributed by atoms with Crippen molar-refractivity contribution in [3.05, 3.63) is 63.7 Å². The van der Waals surface area contributed by atoms with Gasteiger partial charge in [0.15, 0.2) is 0 Å². The molecule has 0 saturated carbocycles. The molecule has 2 aromatic carbocycles. The van der Waals surface area contributed by atoms with Crippen LogP contribution < -0.4 is 20.3 Å². The van der Waals surface area contributed by atoms with Gasteiger partial charge in [-0.15, -0.1) is 0 Å². The smallest absolute Gasteiger partial charge is 0.261 e. The number of carbonyl (C=O) groups excluding carboxylic acids is 1. The Morgan fingerprint density at radius 2 is 2.00 bits per heavy atom. The van der Waals surface area contributed by atoms with Crippen LogP contribution in [0.25, 0.3) is 10.9 Å². The van der Waals surface area contributed by atoms with E-state index in [1.54, 1.807) is 37.0 Å². The molecule has 156 valence electrons. The average molecular weight is 407 g/mol. The Bertz CT molecular complexity index is 1150. The number of amides is 1. The number of nitrogens with zero attached hydrogens (tertiary/aromatic N) is 2. The van der Waals surface area contributed by atoms with Gasteiger partial charge in [0.25, 0.3) is 11.5 Å². The van der Waals surface area contributed by atoms with Crippen molar-refractivity contribution in [2.24, 2.45) is 0 Å². The average Bonchev–Trinajstić information content (AvgIpc) is 2.78. The van der Waals surface area contributed by atoms with Crippen LogP contribution in [0.5, 0.6) is 11.5 Å². The van der Waals surface area contributed by atoms with Gasteiger partial charge in [-0.1, -0.05) is 0 Å². The lowest BCUT2D eigenvalue weighted by molar-refractivity contribution is 0.0954. The zero-order valence-corrected chi connectivity index (χ0v) is 17.2. The molecule has 7 heteroatoms. The Morgan fingerprint density at radius 3 is 2.80 bits per heavy atom. The topological polar surface area (TPSA) is 82.5 Å². The molecule has 1 N–H and O–H groups in total. The highest BCUT2D eigenvalue weighted by Crippen LogP contribution is 2.24. The molecular formula is C23H25N3O4. The number of ether oxygens (including phenoxy) is 2. The molecule has 2 heterocycles. The minimum absolute atomic E-state index is 0.0215. The summed E-state index contributed by atoms with van der Waals surface area (Å²) >= 11 is 0. The van der Waals surface area contributed by atoms with Crippen LogP contribution in [0.2, 0.25) is 0 Å². The molecule has 7 nitrogen and oxygen atoms in total. The normalized spacial score (nSPS) is 13.0. The van der Waals surface area contributed by atoms with E-state index in [2.05, 4.69) is 10.3 Å². The number of aryl methyl sites for hydroxylation is 1. The highest BCUT2D eigenvalue weighted by Gasteiger charge is 2.16. The van der Waals surface area contributed by atoms with E-state index in [9.17, 15) is 9.59 Å². The summed E-state index contributed by atoms with van der Waals surface area (Å²) in [7, 11) is 3.23. The second kappa shape index (κ2) is 8.57. The minimum atomic E-state index is -0.196. The van der Waals surface area contributed by atoms with Gasteiger partial charge in [-0.25, -0.2) is 4.98 Å². The fourth-order valence-corrected chi connectivity index (χ4v) is 3.87. The molecule has 1 aliphatic rings. The first-order valence-electron chi connectivity index (χ1n) is 10.1. The van der Waals surface area contributed by atoms with E-state index < -0.39 is 0 Å². The molecule has 4 rings (SSSR count). The first-order valence-corrected chi connectivity index (χ1v) is 10.1. The summed E-state index contributed by atoms with van der Waals surface area (Å²) in [5, 5.41) is 3.49. The van der Waals surface area contributed by atoms with Crippen molar-refractivity contribution in [1.82, 2.24) is 14.9 Å². The summed E-state index contributed by atoms with van der Waals surface area (Å²) in [4.78, 5) is 30.0. The summed E-state index contributed by atoms with van der Waals surface area (Å²) in [6.45, 7) is 1.16. The second-order valence-electron chi connectivity index (χ2n) is 7.36. The third-order valence-electron chi connectivity index (χ3n) is 5.50. The molecule has 3 aromatic rings. The minimum Gasteiger partial charge on any atom is -0.497 e. The number of aromatic nitrogens is 2. The third-order valence-corrected chi connectivity index (χ3v) is 5.50. The molecule has 30 heavy (non-hydrogen) atoms. The number of rotatable bonds is 6. The molecule has 0 unspecified atom stereocenters. The summed E-state index contributed by atoms with van der Waals surface area (Å²) in [5.74, 6) is 2.11. The molecule has 0 bridgehead atoms. The monoisotopic (exact) mass is 407 g/mol. The number of nitrogens with one attached hydrogen (secondary N) is 1. The lowest BCUT2D eigenvalue weighted by Crippen LogP contribution is -2.29. The van der Waals surface area contributed by atoms with Gasteiger partial charge in [-0.05, 0) is 61.2 Å². The summed E-state index contributed by atoms with van der Waals surface area (Å²) in [5.41, 5.74) is 2.01. The van der Waals surface area contributed by atoms with Crippen LogP contribution in [0.15, 0.2) is 41.2 Å². The van der Waals surface area contributed by atoms with Crippen molar-refractivity contribution < 1.29 is 14.3 Å². The van der Waals surface area contributed by atoms with Crippen molar-refractivity contribution in [3.8, 4) is 11.5 Å². The lowest BCUT2D eigenvalue weighted by atomic mass is 10.1. The highest BCUT2D eigenvalue weighted by molar-refractivity contribution is 5.97. The van der Waals surface area contributed by atoms with Crippen LogP contribution in [0.3, 0.4) is 0 Å². The molecule has 0 saturated heterocycles. The van der Waals surface area contributed by atoms with Gasteiger partial charge < -0.3 is 14.8 Å². The molecule has 0 atom stereocenters. The van der Waals surface area contributed by atoms with Crippen molar-refractivity contribution in [2.45, 2.75) is 32.2 Å².